The van der Waals surface area contributed by atoms with Gasteiger partial charge in [-0.3, -0.25) is 0 Å². The van der Waals surface area contributed by atoms with E-state index in [4.69, 9.17) is 14.3 Å². The summed E-state index contributed by atoms with van der Waals surface area (Å²) in [5, 5.41) is 9.00. The van der Waals surface area contributed by atoms with Gasteiger partial charge in [0.05, 0.1) is 12.2 Å². The number of hydrogen-bond acceptors (Lipinski definition) is 4. The molecule has 0 aliphatic rings. The Labute approximate surface area is 121 Å². The monoisotopic (exact) mass is 377 g/mol. The SMILES string of the molecule is CCOc1oc(-c2ccc(F)cc2I)nc1C(=O)O. The highest BCUT2D eigenvalue weighted by atomic mass is 127. The summed E-state index contributed by atoms with van der Waals surface area (Å²) in [6.07, 6.45) is 0. The molecule has 0 fully saturated rings. The Kier molecular flexibility index (Phi) is 4.03. The zero-order valence-corrected chi connectivity index (χ0v) is 12.0. The third-order valence-electron chi connectivity index (χ3n) is 2.24. The molecule has 100 valence electrons. The molecule has 0 unspecified atom stereocenters. The van der Waals surface area contributed by atoms with E-state index in [0.717, 1.165) is 0 Å². The molecule has 0 amide bonds. The number of hydrogen-bond donors (Lipinski definition) is 1. The highest BCUT2D eigenvalue weighted by Crippen LogP contribution is 2.30. The number of nitrogens with zero attached hydrogens (tertiary/aromatic N) is 1. The van der Waals surface area contributed by atoms with Crippen LogP contribution in [0.15, 0.2) is 22.6 Å². The fourth-order valence-corrected chi connectivity index (χ4v) is 2.16. The predicted octanol–water partition coefficient (Wildman–Crippen LogP) is 3.18. The normalized spacial score (nSPS) is 10.5. The second kappa shape index (κ2) is 5.55. The average Bonchev–Trinajstić information content (AvgIpc) is 2.73. The van der Waals surface area contributed by atoms with Crippen molar-refractivity contribution in [1.82, 2.24) is 4.98 Å². The Hall–Kier alpha value is -1.64. The minimum Gasteiger partial charge on any atom is -0.476 e. The molecule has 0 aliphatic carbocycles. The molecule has 2 rings (SSSR count). The second-order valence-corrected chi connectivity index (χ2v) is 4.68. The zero-order chi connectivity index (χ0) is 14.0. The molecule has 1 heterocycles. The summed E-state index contributed by atoms with van der Waals surface area (Å²) >= 11 is 1.92. The lowest BCUT2D eigenvalue weighted by atomic mass is 10.2. The van der Waals surface area contributed by atoms with E-state index >= 15 is 0 Å². The molecule has 0 radical (unpaired) electrons. The van der Waals surface area contributed by atoms with Gasteiger partial charge in [-0.25, -0.2) is 9.18 Å². The van der Waals surface area contributed by atoms with Gasteiger partial charge in [-0.2, -0.15) is 4.98 Å². The zero-order valence-electron chi connectivity index (χ0n) is 9.81. The van der Waals surface area contributed by atoms with Crippen molar-refractivity contribution in [2.24, 2.45) is 0 Å². The minimum absolute atomic E-state index is 0.0882. The molecular formula is C12H9FINO4. The van der Waals surface area contributed by atoms with E-state index < -0.39 is 5.97 Å². The Balaban J connectivity index is 2.50. The lowest BCUT2D eigenvalue weighted by molar-refractivity contribution is 0.0683. The van der Waals surface area contributed by atoms with Crippen molar-refractivity contribution in [2.75, 3.05) is 6.61 Å². The van der Waals surface area contributed by atoms with E-state index in [0.29, 0.717) is 9.13 Å². The van der Waals surface area contributed by atoms with Gasteiger partial charge in [-0.05, 0) is 47.7 Å². The van der Waals surface area contributed by atoms with Crippen LogP contribution in [0, 0.1) is 9.39 Å². The maximum Gasteiger partial charge on any atom is 0.362 e. The molecular weight excluding hydrogens is 368 g/mol. The summed E-state index contributed by atoms with van der Waals surface area (Å²) in [6.45, 7) is 1.96. The fourth-order valence-electron chi connectivity index (χ4n) is 1.45. The second-order valence-electron chi connectivity index (χ2n) is 3.52. The molecule has 0 aliphatic heterocycles. The molecule has 1 N–H and O–H groups in total. The number of halogens is 2. The van der Waals surface area contributed by atoms with Gasteiger partial charge < -0.3 is 14.3 Å². The van der Waals surface area contributed by atoms with E-state index in [1.165, 1.54) is 18.2 Å². The molecule has 1 aromatic heterocycles. The van der Waals surface area contributed by atoms with Gasteiger partial charge in [0.25, 0.3) is 0 Å². The molecule has 0 atom stereocenters. The van der Waals surface area contributed by atoms with Crippen molar-refractivity contribution < 1.29 is 23.4 Å². The van der Waals surface area contributed by atoms with Crippen LogP contribution in [-0.4, -0.2) is 22.7 Å². The van der Waals surface area contributed by atoms with Crippen LogP contribution >= 0.6 is 22.6 Å². The molecule has 0 saturated heterocycles. The molecule has 0 saturated carbocycles. The van der Waals surface area contributed by atoms with Crippen molar-refractivity contribution in [3.63, 3.8) is 0 Å². The van der Waals surface area contributed by atoms with Crippen molar-refractivity contribution in [1.29, 1.82) is 0 Å². The molecule has 7 heteroatoms. The largest absolute Gasteiger partial charge is 0.476 e. The highest BCUT2D eigenvalue weighted by Gasteiger charge is 2.22. The summed E-state index contributed by atoms with van der Waals surface area (Å²) in [5.41, 5.74) is 0.215. The Morgan fingerprint density at radius 1 is 1.58 bits per heavy atom. The van der Waals surface area contributed by atoms with Crippen LogP contribution < -0.4 is 4.74 Å². The van der Waals surface area contributed by atoms with E-state index in [-0.39, 0.29) is 30.0 Å². The smallest absolute Gasteiger partial charge is 0.362 e. The van der Waals surface area contributed by atoms with Gasteiger partial charge in [0, 0.05) is 3.57 Å². The van der Waals surface area contributed by atoms with Crippen LogP contribution in [0.25, 0.3) is 11.5 Å². The summed E-state index contributed by atoms with van der Waals surface area (Å²) < 4.78 is 23.9. The predicted molar refractivity (Wildman–Crippen MR) is 72.7 cm³/mol. The van der Waals surface area contributed by atoms with E-state index in [2.05, 4.69) is 4.98 Å². The van der Waals surface area contributed by atoms with Gasteiger partial charge in [-0.15, -0.1) is 0 Å². The Morgan fingerprint density at radius 2 is 2.32 bits per heavy atom. The third kappa shape index (κ3) is 2.86. The van der Waals surface area contributed by atoms with Crippen molar-refractivity contribution in [3.05, 3.63) is 33.3 Å². The third-order valence-corrected chi connectivity index (χ3v) is 3.13. The van der Waals surface area contributed by atoms with E-state index in [9.17, 15) is 9.18 Å². The molecule has 0 spiro atoms. The first-order valence-electron chi connectivity index (χ1n) is 5.35. The summed E-state index contributed by atoms with van der Waals surface area (Å²) in [7, 11) is 0. The number of aromatic nitrogens is 1. The number of oxazole rings is 1. The topological polar surface area (TPSA) is 72.6 Å². The maximum absolute atomic E-state index is 13.0. The average molecular weight is 377 g/mol. The standard InChI is InChI=1S/C12H9FINO4/c1-2-18-12-9(11(16)17)15-10(19-12)7-4-3-6(13)5-8(7)14/h3-5H,2H2,1H3,(H,16,17). The molecule has 1 aromatic carbocycles. The number of carboxylic acids is 1. The van der Waals surface area contributed by atoms with Crippen LogP contribution in [0.4, 0.5) is 4.39 Å². The maximum atomic E-state index is 13.0. The Bertz CT molecular complexity index is 626. The quantitative estimate of drug-likeness (QED) is 0.829. The number of carboxylic acid groups (broad SMARTS) is 1. The van der Waals surface area contributed by atoms with E-state index in [1.54, 1.807) is 6.92 Å². The van der Waals surface area contributed by atoms with E-state index in [1.807, 2.05) is 22.6 Å². The van der Waals surface area contributed by atoms with Gasteiger partial charge in [-0.1, -0.05) is 0 Å². The highest BCUT2D eigenvalue weighted by molar-refractivity contribution is 14.1. The number of carbonyl (C=O) groups is 1. The summed E-state index contributed by atoms with van der Waals surface area (Å²) in [6, 6.07) is 4.04. The molecule has 2 aromatic rings. The first-order valence-corrected chi connectivity index (χ1v) is 6.43. The molecule has 0 bridgehead atoms. The minimum atomic E-state index is -1.24. The number of ether oxygens (including phenoxy) is 1. The van der Waals surface area contributed by atoms with Gasteiger partial charge in [0.1, 0.15) is 5.82 Å². The van der Waals surface area contributed by atoms with Crippen molar-refractivity contribution >= 4 is 28.6 Å². The lowest BCUT2D eigenvalue weighted by Gasteiger charge is -1.99. The van der Waals surface area contributed by atoms with Crippen LogP contribution in [0.2, 0.25) is 0 Å². The van der Waals surface area contributed by atoms with Crippen LogP contribution in [0.3, 0.4) is 0 Å². The lowest BCUT2D eigenvalue weighted by Crippen LogP contribution is -2.01. The number of rotatable bonds is 4. The van der Waals surface area contributed by atoms with Crippen molar-refractivity contribution in [2.45, 2.75) is 6.92 Å². The number of aromatic carboxylic acids is 1. The first kappa shape index (κ1) is 13.8. The van der Waals surface area contributed by atoms with Crippen molar-refractivity contribution in [3.8, 4) is 17.4 Å². The van der Waals surface area contributed by atoms with Gasteiger partial charge in [0.2, 0.25) is 11.6 Å². The van der Waals surface area contributed by atoms with Crippen LogP contribution in [0.1, 0.15) is 17.4 Å². The summed E-state index contributed by atoms with van der Waals surface area (Å²) in [5.74, 6) is -1.69. The fraction of sp³-hybridized carbons (Fsp3) is 0.167. The first-order chi connectivity index (χ1) is 9.02. The van der Waals surface area contributed by atoms with Gasteiger partial charge in [0.15, 0.2) is 0 Å². The summed E-state index contributed by atoms with van der Waals surface area (Å²) in [4.78, 5) is 14.9. The van der Waals surface area contributed by atoms with Gasteiger partial charge >= 0.3 is 11.9 Å². The Morgan fingerprint density at radius 3 is 2.89 bits per heavy atom. The molecule has 5 nitrogen and oxygen atoms in total. The van der Waals surface area contributed by atoms with Crippen LogP contribution in [-0.2, 0) is 0 Å². The van der Waals surface area contributed by atoms with Crippen LogP contribution in [0.5, 0.6) is 5.95 Å². The molecule has 19 heavy (non-hydrogen) atoms. The number of benzene rings is 1.